The van der Waals surface area contributed by atoms with E-state index in [0.29, 0.717) is 45.2 Å². The molecular weight excluding hydrogens is 635 g/mol. The van der Waals surface area contributed by atoms with Crippen LogP contribution < -0.4 is 10.2 Å². The normalized spacial score (nSPS) is 16.4. The van der Waals surface area contributed by atoms with E-state index in [2.05, 4.69) is 10.2 Å². The third-order valence-corrected chi connectivity index (χ3v) is 11.4. The second-order valence-electron chi connectivity index (χ2n) is 12.4. The molecule has 2 fully saturated rings. The number of aliphatic carboxylic acids is 1. The Hall–Kier alpha value is -4.16. The fraction of sp³-hybridized carbons (Fsp3) is 0.333. The number of rotatable bonds is 12. The van der Waals surface area contributed by atoms with Gasteiger partial charge in [0.15, 0.2) is 0 Å². The van der Waals surface area contributed by atoms with E-state index in [4.69, 9.17) is 4.74 Å². The summed E-state index contributed by atoms with van der Waals surface area (Å²) in [6.45, 7) is 2.46. The number of piperidine rings is 1. The van der Waals surface area contributed by atoms with E-state index < -0.39 is 11.6 Å². The molecule has 6 rings (SSSR count). The predicted molar refractivity (Wildman–Crippen MR) is 184 cm³/mol. The van der Waals surface area contributed by atoms with Gasteiger partial charge in [-0.25, -0.2) is 4.79 Å². The van der Waals surface area contributed by atoms with Crippen LogP contribution in [0.3, 0.4) is 0 Å². The fourth-order valence-electron chi connectivity index (χ4n) is 6.61. The largest absolute Gasteiger partial charge is 0.479 e. The third-order valence-electron chi connectivity index (χ3n) is 9.46. The van der Waals surface area contributed by atoms with Crippen LogP contribution in [0.2, 0.25) is 0 Å². The number of ether oxygens (including phenoxy) is 1. The molecule has 244 valence electrons. The lowest BCUT2D eigenvalue weighted by atomic mass is 9.61. The number of benzene rings is 2. The molecule has 0 unspecified atom stereocenters. The molecule has 47 heavy (non-hydrogen) atoms. The Bertz CT molecular complexity index is 1650. The number of likely N-dealkylation sites (tertiary alicyclic amines) is 1. The molecule has 0 radical (unpaired) electrons. The van der Waals surface area contributed by atoms with Gasteiger partial charge in [-0.2, -0.15) is 0 Å². The summed E-state index contributed by atoms with van der Waals surface area (Å²) in [6.07, 6.45) is 4.70. The highest BCUT2D eigenvalue weighted by Crippen LogP contribution is 2.53. The van der Waals surface area contributed by atoms with Crippen molar-refractivity contribution in [1.29, 1.82) is 0 Å². The molecule has 2 N–H and O–H groups in total. The molecule has 0 atom stereocenters. The Morgan fingerprint density at radius 2 is 1.60 bits per heavy atom. The van der Waals surface area contributed by atoms with Gasteiger partial charge in [-0.3, -0.25) is 14.4 Å². The van der Waals surface area contributed by atoms with Crippen molar-refractivity contribution in [2.75, 3.05) is 36.9 Å². The number of thiophene rings is 2. The minimum Gasteiger partial charge on any atom is -0.479 e. The number of nitrogens with one attached hydrogen (secondary N) is 1. The second kappa shape index (κ2) is 13.9. The summed E-state index contributed by atoms with van der Waals surface area (Å²) < 4.78 is 6.51. The SMILES string of the molecule is CN(C(=O)CCN1CCC2(CC1)CC(OC(C(=O)O)(c1cccs1)c1cccs1)C2)c1ccc(C(=O)Nc2ccc(C=O)cc2)cc1. The molecule has 1 aliphatic heterocycles. The van der Waals surface area contributed by atoms with Gasteiger partial charge >= 0.3 is 5.97 Å². The van der Waals surface area contributed by atoms with Gasteiger partial charge in [0.2, 0.25) is 11.5 Å². The molecule has 11 heteroatoms. The molecule has 1 saturated heterocycles. The zero-order valence-corrected chi connectivity index (χ0v) is 27.7. The number of carbonyl (C=O) groups excluding carboxylic acids is 3. The minimum absolute atomic E-state index is 0.00188. The predicted octanol–water partition coefficient (Wildman–Crippen LogP) is 6.52. The summed E-state index contributed by atoms with van der Waals surface area (Å²) in [6, 6.07) is 21.0. The highest BCUT2D eigenvalue weighted by Gasteiger charge is 2.53. The second-order valence-corrected chi connectivity index (χ2v) is 14.3. The zero-order valence-electron chi connectivity index (χ0n) is 26.1. The van der Waals surface area contributed by atoms with E-state index in [1.54, 1.807) is 60.5 Å². The van der Waals surface area contributed by atoms with Crippen molar-refractivity contribution in [1.82, 2.24) is 4.90 Å². The lowest BCUT2D eigenvalue weighted by molar-refractivity contribution is -0.190. The standard InChI is InChI=1S/C36H37N3O6S2/c1-38(28-12-8-26(9-13-28)33(42)37-27-10-6-25(24-40)7-11-27)32(41)14-17-39-18-15-35(16-19-39)22-29(23-35)45-36(34(43)44,30-4-2-20-46-30)31-5-3-21-47-31/h2-13,20-21,24,29H,14-19,22-23H2,1H3,(H,37,42)(H,43,44). The Morgan fingerprint density at radius 1 is 0.979 bits per heavy atom. The van der Waals surface area contributed by atoms with Crippen LogP contribution in [0.15, 0.2) is 83.6 Å². The molecule has 1 saturated carbocycles. The van der Waals surface area contributed by atoms with Crippen molar-refractivity contribution >= 4 is 58.1 Å². The van der Waals surface area contributed by atoms with Crippen LogP contribution in [0.25, 0.3) is 0 Å². The molecule has 0 bridgehead atoms. The van der Waals surface area contributed by atoms with Crippen LogP contribution in [0, 0.1) is 5.41 Å². The summed E-state index contributed by atoms with van der Waals surface area (Å²) in [4.78, 5) is 54.6. The molecule has 3 heterocycles. The van der Waals surface area contributed by atoms with Gasteiger partial charge < -0.3 is 25.0 Å². The van der Waals surface area contributed by atoms with Crippen molar-refractivity contribution in [2.24, 2.45) is 5.41 Å². The maximum Gasteiger partial charge on any atom is 0.347 e. The number of hydrogen-bond acceptors (Lipinski definition) is 8. The van der Waals surface area contributed by atoms with E-state index in [0.717, 1.165) is 45.1 Å². The first-order valence-electron chi connectivity index (χ1n) is 15.7. The average Bonchev–Trinajstić information content (AvgIpc) is 3.82. The van der Waals surface area contributed by atoms with E-state index >= 15 is 0 Å². The van der Waals surface area contributed by atoms with Gasteiger partial charge in [0.05, 0.1) is 15.9 Å². The lowest BCUT2D eigenvalue weighted by Gasteiger charge is -2.53. The van der Waals surface area contributed by atoms with Crippen LogP contribution in [-0.4, -0.2) is 66.9 Å². The first kappa shape index (κ1) is 32.8. The monoisotopic (exact) mass is 671 g/mol. The van der Waals surface area contributed by atoms with Crippen LogP contribution in [0.5, 0.6) is 0 Å². The van der Waals surface area contributed by atoms with Crippen molar-refractivity contribution in [3.05, 3.63) is 104 Å². The minimum atomic E-state index is -1.47. The highest BCUT2D eigenvalue weighted by molar-refractivity contribution is 7.12. The van der Waals surface area contributed by atoms with Gasteiger partial charge in [-0.15, -0.1) is 22.7 Å². The summed E-state index contributed by atoms with van der Waals surface area (Å²) in [5.41, 5.74) is 0.986. The maximum atomic E-state index is 13.1. The van der Waals surface area contributed by atoms with Crippen molar-refractivity contribution in [2.45, 2.75) is 43.8 Å². The number of carboxylic acids is 1. The summed E-state index contributed by atoms with van der Waals surface area (Å²) in [7, 11) is 1.75. The third kappa shape index (κ3) is 6.94. The molecule has 9 nitrogen and oxygen atoms in total. The quantitative estimate of drug-likeness (QED) is 0.165. The Labute approximate surface area is 281 Å². The van der Waals surface area contributed by atoms with E-state index in [-0.39, 0.29) is 23.3 Å². The number of carboxylic acid groups (broad SMARTS) is 1. The smallest absolute Gasteiger partial charge is 0.347 e. The van der Waals surface area contributed by atoms with Gasteiger partial charge in [0.1, 0.15) is 6.29 Å². The summed E-state index contributed by atoms with van der Waals surface area (Å²) in [5.74, 6) is -1.25. The first-order chi connectivity index (χ1) is 22.7. The zero-order chi connectivity index (χ0) is 33.0. The van der Waals surface area contributed by atoms with Crippen molar-refractivity contribution in [3.63, 3.8) is 0 Å². The Kier molecular flexibility index (Phi) is 9.70. The Morgan fingerprint density at radius 3 is 2.13 bits per heavy atom. The molecule has 2 amide bonds. The number of amides is 2. The summed E-state index contributed by atoms with van der Waals surface area (Å²) >= 11 is 2.82. The molecule has 2 aromatic carbocycles. The van der Waals surface area contributed by atoms with Gasteiger partial charge in [0.25, 0.3) is 5.91 Å². The van der Waals surface area contributed by atoms with E-state index in [1.165, 1.54) is 22.7 Å². The first-order valence-corrected chi connectivity index (χ1v) is 17.4. The van der Waals surface area contributed by atoms with E-state index in [1.807, 2.05) is 35.0 Å². The topological polar surface area (TPSA) is 116 Å². The van der Waals surface area contributed by atoms with E-state index in [9.17, 15) is 24.3 Å². The van der Waals surface area contributed by atoms with Crippen molar-refractivity contribution < 1.29 is 29.0 Å². The van der Waals surface area contributed by atoms with Gasteiger partial charge in [-0.05, 0) is 116 Å². The highest BCUT2D eigenvalue weighted by atomic mass is 32.1. The van der Waals surface area contributed by atoms with Crippen LogP contribution in [-0.2, 0) is 19.9 Å². The maximum absolute atomic E-state index is 13.1. The molecule has 4 aromatic rings. The number of anilines is 2. The summed E-state index contributed by atoms with van der Waals surface area (Å²) in [5, 5.41) is 17.0. The van der Waals surface area contributed by atoms with Gasteiger partial charge in [-0.1, -0.05) is 12.1 Å². The molecular formula is C36H37N3O6S2. The van der Waals surface area contributed by atoms with Gasteiger partial charge in [0, 0.05) is 42.5 Å². The number of aldehydes is 1. The van der Waals surface area contributed by atoms with Crippen LogP contribution in [0.1, 0.15) is 62.6 Å². The van der Waals surface area contributed by atoms with Crippen LogP contribution in [0.4, 0.5) is 11.4 Å². The Balaban J connectivity index is 0.962. The number of carbonyl (C=O) groups is 4. The lowest BCUT2D eigenvalue weighted by Crippen LogP contribution is -2.53. The average molecular weight is 672 g/mol. The van der Waals surface area contributed by atoms with Crippen molar-refractivity contribution in [3.8, 4) is 0 Å². The molecule has 1 spiro atoms. The molecule has 1 aliphatic carbocycles. The van der Waals surface area contributed by atoms with Crippen LogP contribution >= 0.6 is 22.7 Å². The molecule has 2 aromatic heterocycles. The number of hydrogen-bond donors (Lipinski definition) is 2. The fourth-order valence-corrected chi connectivity index (χ4v) is 8.41. The molecule has 2 aliphatic rings. The number of nitrogens with zero attached hydrogens (tertiary/aromatic N) is 2.